The van der Waals surface area contributed by atoms with Crippen LogP contribution in [0.2, 0.25) is 0 Å². The van der Waals surface area contributed by atoms with Crippen molar-refractivity contribution in [3.8, 4) is 0 Å². The van der Waals surface area contributed by atoms with Gasteiger partial charge in [0.1, 0.15) is 0 Å². The molecule has 0 aromatic rings. The third-order valence-electron chi connectivity index (χ3n) is 2.11. The van der Waals surface area contributed by atoms with E-state index in [1.54, 1.807) is 13.8 Å². The minimum absolute atomic E-state index is 0.161. The summed E-state index contributed by atoms with van der Waals surface area (Å²) in [7, 11) is 0. The average Bonchev–Trinajstić information content (AvgIpc) is 2.27. The van der Waals surface area contributed by atoms with E-state index >= 15 is 0 Å². The summed E-state index contributed by atoms with van der Waals surface area (Å²) < 4.78 is 5.30. The van der Waals surface area contributed by atoms with Crippen LogP contribution in [0.4, 0.5) is 0 Å². The minimum atomic E-state index is -0.796. The third-order valence-corrected chi connectivity index (χ3v) is 2.11. The van der Waals surface area contributed by atoms with Crippen LogP contribution in [0.3, 0.4) is 0 Å². The molecule has 0 aliphatic heterocycles. The number of aliphatic hydroxyl groups excluding tert-OH is 1. The van der Waals surface area contributed by atoms with Crippen LogP contribution >= 0.6 is 0 Å². The molecule has 0 aliphatic carbocycles. The van der Waals surface area contributed by atoms with E-state index in [9.17, 15) is 9.59 Å². The van der Waals surface area contributed by atoms with Crippen LogP contribution in [0.15, 0.2) is 0 Å². The molecule has 106 valence electrons. The van der Waals surface area contributed by atoms with Gasteiger partial charge in [-0.15, -0.1) is 0 Å². The molecule has 0 fully saturated rings. The van der Waals surface area contributed by atoms with Crippen molar-refractivity contribution in [2.24, 2.45) is 0 Å². The molecule has 18 heavy (non-hydrogen) atoms. The molecule has 0 heterocycles. The molecule has 0 unspecified atom stereocenters. The van der Waals surface area contributed by atoms with E-state index in [2.05, 4.69) is 10.6 Å². The Morgan fingerprint density at radius 2 is 1.89 bits per heavy atom. The second-order valence-electron chi connectivity index (χ2n) is 5.03. The highest BCUT2D eigenvalue weighted by Gasteiger charge is 2.23. The molecule has 3 N–H and O–H groups in total. The van der Waals surface area contributed by atoms with Gasteiger partial charge in [0.15, 0.2) is 0 Å². The molecule has 0 saturated heterocycles. The van der Waals surface area contributed by atoms with Gasteiger partial charge in [-0.1, -0.05) is 0 Å². The van der Waals surface area contributed by atoms with Crippen LogP contribution in [0.5, 0.6) is 0 Å². The lowest BCUT2D eigenvalue weighted by atomic mass is 10.1. The Kier molecular flexibility index (Phi) is 7.54. The fourth-order valence-corrected chi connectivity index (χ4v) is 1.08. The molecule has 0 rings (SSSR count). The number of carbonyl (C=O) groups is 2. The van der Waals surface area contributed by atoms with Gasteiger partial charge in [-0.25, -0.2) is 0 Å². The number of ether oxygens (including phenoxy) is 1. The quantitative estimate of drug-likeness (QED) is 0.437. The first kappa shape index (κ1) is 16.9. The molecule has 0 atom stereocenters. The summed E-state index contributed by atoms with van der Waals surface area (Å²) in [5.74, 6) is -1.43. The maximum absolute atomic E-state index is 11.4. The zero-order valence-electron chi connectivity index (χ0n) is 11.6. The normalized spacial score (nSPS) is 11.4. The van der Waals surface area contributed by atoms with Gasteiger partial charge < -0.3 is 20.5 Å². The summed E-state index contributed by atoms with van der Waals surface area (Å²) in [6.45, 7) is 7.84. The number of amides is 2. The average molecular weight is 260 g/mol. The Morgan fingerprint density at radius 1 is 1.28 bits per heavy atom. The highest BCUT2D eigenvalue weighted by molar-refractivity contribution is 6.35. The molecule has 6 nitrogen and oxygen atoms in total. The Bertz CT molecular complexity index is 277. The van der Waals surface area contributed by atoms with Gasteiger partial charge in [0.2, 0.25) is 0 Å². The topological polar surface area (TPSA) is 87.7 Å². The predicted molar refractivity (Wildman–Crippen MR) is 68.0 cm³/mol. The van der Waals surface area contributed by atoms with Gasteiger partial charge >= 0.3 is 11.8 Å². The van der Waals surface area contributed by atoms with Crippen LogP contribution in [-0.2, 0) is 14.3 Å². The molecule has 6 heteroatoms. The van der Waals surface area contributed by atoms with E-state index in [0.717, 1.165) is 0 Å². The van der Waals surface area contributed by atoms with Crippen molar-refractivity contribution in [2.45, 2.75) is 45.8 Å². The molecular formula is C12H24N2O4. The summed E-state index contributed by atoms with van der Waals surface area (Å²) in [6.07, 6.45) is 0.815. The molecule has 0 aromatic heterocycles. The van der Waals surface area contributed by atoms with Gasteiger partial charge in [0.25, 0.3) is 0 Å². The molecule has 2 amide bonds. The highest BCUT2D eigenvalue weighted by atomic mass is 16.5. The molecule has 0 aromatic carbocycles. The second kappa shape index (κ2) is 8.05. The van der Waals surface area contributed by atoms with E-state index < -0.39 is 17.4 Å². The van der Waals surface area contributed by atoms with Crippen molar-refractivity contribution in [3.05, 3.63) is 0 Å². The first-order chi connectivity index (χ1) is 8.28. The summed E-state index contributed by atoms with van der Waals surface area (Å²) in [4.78, 5) is 22.8. The second-order valence-corrected chi connectivity index (χ2v) is 5.03. The van der Waals surface area contributed by atoms with Gasteiger partial charge in [-0.05, 0) is 34.1 Å². The molecule has 0 aliphatic rings. The van der Waals surface area contributed by atoms with Crippen molar-refractivity contribution in [1.29, 1.82) is 0 Å². The summed E-state index contributed by atoms with van der Waals surface area (Å²) in [6, 6.07) is 0. The number of aliphatic hydroxyl groups is 1. The minimum Gasteiger partial charge on any atom is -0.394 e. The molecule has 0 spiro atoms. The fourth-order valence-electron chi connectivity index (χ4n) is 1.08. The van der Waals surface area contributed by atoms with Crippen LogP contribution < -0.4 is 10.6 Å². The van der Waals surface area contributed by atoms with Crippen molar-refractivity contribution in [1.82, 2.24) is 10.6 Å². The van der Waals surface area contributed by atoms with Gasteiger partial charge in [0.05, 0.1) is 18.2 Å². The van der Waals surface area contributed by atoms with E-state index in [0.29, 0.717) is 19.6 Å². The van der Waals surface area contributed by atoms with E-state index in [1.165, 1.54) is 0 Å². The molecule has 0 saturated carbocycles. The molecule has 0 bridgehead atoms. The van der Waals surface area contributed by atoms with E-state index in [4.69, 9.17) is 9.84 Å². The number of hydrogen-bond acceptors (Lipinski definition) is 4. The smallest absolute Gasteiger partial charge is 0.309 e. The van der Waals surface area contributed by atoms with Crippen LogP contribution in [0, 0.1) is 0 Å². The molecule has 0 radical (unpaired) electrons. The highest BCUT2D eigenvalue weighted by Crippen LogP contribution is 1.98. The fraction of sp³-hybridized carbons (Fsp3) is 0.833. The number of hydrogen-bond donors (Lipinski definition) is 3. The Labute approximate surface area is 108 Å². The monoisotopic (exact) mass is 260 g/mol. The Balaban J connectivity index is 3.79. The van der Waals surface area contributed by atoms with Crippen molar-refractivity contribution < 1.29 is 19.4 Å². The summed E-state index contributed by atoms with van der Waals surface area (Å²) >= 11 is 0. The van der Waals surface area contributed by atoms with Crippen molar-refractivity contribution in [3.63, 3.8) is 0 Å². The number of nitrogens with one attached hydrogen (secondary N) is 2. The summed E-state index contributed by atoms with van der Waals surface area (Å²) in [5, 5.41) is 13.9. The first-order valence-electron chi connectivity index (χ1n) is 6.11. The van der Waals surface area contributed by atoms with Crippen LogP contribution in [-0.4, -0.2) is 48.3 Å². The zero-order valence-corrected chi connectivity index (χ0v) is 11.6. The SMILES string of the molecule is CC(C)OCCCNC(=O)C(=O)NC(C)(C)CO. The molecular weight excluding hydrogens is 236 g/mol. The predicted octanol–water partition coefficient (Wildman–Crippen LogP) is -0.195. The third kappa shape index (κ3) is 8.03. The lowest BCUT2D eigenvalue weighted by Gasteiger charge is -2.22. The van der Waals surface area contributed by atoms with E-state index in [-0.39, 0.29) is 12.7 Å². The van der Waals surface area contributed by atoms with Crippen LogP contribution in [0.25, 0.3) is 0 Å². The Morgan fingerprint density at radius 3 is 2.39 bits per heavy atom. The van der Waals surface area contributed by atoms with Crippen LogP contribution in [0.1, 0.15) is 34.1 Å². The maximum Gasteiger partial charge on any atom is 0.309 e. The summed E-state index contributed by atoms with van der Waals surface area (Å²) in [5.41, 5.74) is -0.796. The maximum atomic E-state index is 11.4. The van der Waals surface area contributed by atoms with Gasteiger partial charge in [0, 0.05) is 13.2 Å². The Hall–Kier alpha value is -1.14. The lowest BCUT2D eigenvalue weighted by molar-refractivity contribution is -0.140. The van der Waals surface area contributed by atoms with E-state index in [1.807, 2.05) is 13.8 Å². The largest absolute Gasteiger partial charge is 0.394 e. The van der Waals surface area contributed by atoms with Crippen molar-refractivity contribution in [2.75, 3.05) is 19.8 Å². The zero-order chi connectivity index (χ0) is 14.2. The van der Waals surface area contributed by atoms with Gasteiger partial charge in [-0.3, -0.25) is 9.59 Å². The standard InChI is InChI=1S/C12H24N2O4/c1-9(2)18-7-5-6-13-10(16)11(17)14-12(3,4)8-15/h9,15H,5-8H2,1-4H3,(H,13,16)(H,14,17). The number of carbonyl (C=O) groups excluding carboxylic acids is 2. The first-order valence-corrected chi connectivity index (χ1v) is 6.11. The lowest BCUT2D eigenvalue weighted by Crippen LogP contribution is -2.51. The van der Waals surface area contributed by atoms with Gasteiger partial charge in [-0.2, -0.15) is 0 Å². The van der Waals surface area contributed by atoms with Crippen molar-refractivity contribution >= 4 is 11.8 Å². The number of rotatable bonds is 7.